The second kappa shape index (κ2) is 7.45. The molecule has 0 atom stereocenters. The molecule has 0 aromatic heterocycles. The molecule has 0 fully saturated rings. The molecule has 0 aliphatic heterocycles. The minimum Gasteiger partial charge on any atom is -0.494 e. The molecule has 0 radical (unpaired) electrons. The maximum absolute atomic E-state index is 5.94. The van der Waals surface area contributed by atoms with Gasteiger partial charge in [0.1, 0.15) is 5.75 Å². The first-order valence-corrected chi connectivity index (χ1v) is 12.2. The molecule has 2 aromatic rings. The fourth-order valence-corrected chi connectivity index (χ4v) is 4.08. The monoisotopic (exact) mass is 410 g/mol. The Kier molecular flexibility index (Phi) is 5.87. The summed E-state index contributed by atoms with van der Waals surface area (Å²) in [6.45, 7) is 8.04. The van der Waals surface area contributed by atoms with Crippen LogP contribution in [0.5, 0.6) is 5.75 Å². The largest absolute Gasteiger partial charge is 0.494 e. The molecule has 0 heterocycles. The number of rotatable bonds is 6. The number of ether oxygens (including phenoxy) is 1. The van der Waals surface area contributed by atoms with E-state index in [4.69, 9.17) is 4.74 Å². The fraction of sp³-hybridized carbons (Fsp3) is 0.333. The normalized spacial score (nSPS) is 11.4. The van der Waals surface area contributed by atoms with Gasteiger partial charge >= 0.3 is 0 Å². The predicted molar refractivity (Wildman–Crippen MR) is 103 cm³/mol. The smallest absolute Gasteiger partial charge is 0.119 e. The zero-order valence-corrected chi connectivity index (χ0v) is 16.2. The lowest BCUT2D eigenvalue weighted by Gasteiger charge is -2.16. The molecule has 1 nitrogen and oxygen atoms in total. The Morgan fingerprint density at radius 3 is 2.38 bits per heavy atom. The van der Waals surface area contributed by atoms with Crippen LogP contribution in [0.25, 0.3) is 11.1 Å². The highest BCUT2D eigenvalue weighted by Crippen LogP contribution is 2.29. The van der Waals surface area contributed by atoms with E-state index in [0.717, 1.165) is 18.8 Å². The predicted octanol–water partition coefficient (Wildman–Crippen LogP) is 6.07. The number of hydrogen-bond acceptors (Lipinski definition) is 1. The van der Waals surface area contributed by atoms with Gasteiger partial charge in [0.25, 0.3) is 0 Å². The zero-order valence-electron chi connectivity index (χ0n) is 13.0. The van der Waals surface area contributed by atoms with Crippen molar-refractivity contribution >= 4 is 30.7 Å². The second-order valence-corrected chi connectivity index (χ2v) is 13.3. The van der Waals surface area contributed by atoms with Crippen LogP contribution in [0.3, 0.4) is 0 Å². The van der Waals surface area contributed by atoms with Crippen LogP contribution < -0.4 is 4.74 Å². The maximum Gasteiger partial charge on any atom is 0.119 e. The molecule has 3 heteroatoms. The van der Waals surface area contributed by atoms with E-state index in [-0.39, 0.29) is 0 Å². The van der Waals surface area contributed by atoms with Crippen LogP contribution in [-0.2, 0) is 0 Å². The number of halogens is 1. The van der Waals surface area contributed by atoms with E-state index in [9.17, 15) is 0 Å². The Morgan fingerprint density at radius 1 is 1.00 bits per heavy atom. The van der Waals surface area contributed by atoms with E-state index >= 15 is 0 Å². The first-order chi connectivity index (χ1) is 9.96. The van der Waals surface area contributed by atoms with Crippen molar-refractivity contribution in [3.8, 4) is 16.9 Å². The van der Waals surface area contributed by atoms with E-state index in [1.54, 1.807) is 0 Å². The van der Waals surface area contributed by atoms with Crippen molar-refractivity contribution in [2.24, 2.45) is 0 Å². The summed E-state index contributed by atoms with van der Waals surface area (Å²) in [5.74, 6) is 0.977. The van der Waals surface area contributed by atoms with Crippen LogP contribution in [-0.4, -0.2) is 14.7 Å². The van der Waals surface area contributed by atoms with Crippen molar-refractivity contribution < 1.29 is 4.74 Å². The molecule has 0 bridgehead atoms. The fourth-order valence-electron chi connectivity index (χ4n) is 2.23. The minimum absolute atomic E-state index is 0.819. The van der Waals surface area contributed by atoms with Gasteiger partial charge in [0, 0.05) is 11.6 Å². The van der Waals surface area contributed by atoms with Gasteiger partial charge in [-0.25, -0.2) is 0 Å². The van der Waals surface area contributed by atoms with Gasteiger partial charge in [0.15, 0.2) is 0 Å². The quantitative estimate of drug-likeness (QED) is 0.319. The van der Waals surface area contributed by atoms with E-state index in [1.165, 1.54) is 20.7 Å². The lowest BCUT2D eigenvalue weighted by Crippen LogP contribution is -2.19. The van der Waals surface area contributed by atoms with Crippen molar-refractivity contribution in [1.82, 2.24) is 0 Å². The van der Waals surface area contributed by atoms with Crippen LogP contribution in [0, 0.1) is 3.57 Å². The van der Waals surface area contributed by atoms with Crippen LogP contribution in [0.1, 0.15) is 6.42 Å². The Bertz CT molecular complexity index is 576. The zero-order chi connectivity index (χ0) is 15.3. The molecule has 0 aliphatic carbocycles. The van der Waals surface area contributed by atoms with Crippen molar-refractivity contribution in [3.63, 3.8) is 0 Å². The summed E-state index contributed by atoms with van der Waals surface area (Å²) in [4.78, 5) is 0. The molecule has 2 rings (SSSR count). The molecule has 0 spiro atoms. The average molecular weight is 410 g/mol. The number of hydrogen-bond donors (Lipinski definition) is 0. The third kappa shape index (κ3) is 5.47. The summed E-state index contributed by atoms with van der Waals surface area (Å²) in [6.07, 6.45) is 1.16. The van der Waals surface area contributed by atoms with Crippen molar-refractivity contribution in [2.75, 3.05) is 6.61 Å². The molecule has 112 valence electrons. The third-order valence-electron chi connectivity index (χ3n) is 3.36. The summed E-state index contributed by atoms with van der Waals surface area (Å²) >= 11 is 2.39. The molecule has 0 saturated heterocycles. The van der Waals surface area contributed by atoms with Crippen LogP contribution in [0.15, 0.2) is 48.5 Å². The van der Waals surface area contributed by atoms with Gasteiger partial charge in [-0.1, -0.05) is 56.0 Å². The molecule has 0 saturated carbocycles. The topological polar surface area (TPSA) is 9.23 Å². The van der Waals surface area contributed by atoms with Gasteiger partial charge in [-0.3, -0.25) is 0 Å². The van der Waals surface area contributed by atoms with Crippen LogP contribution in [0.4, 0.5) is 0 Å². The van der Waals surface area contributed by atoms with Gasteiger partial charge in [-0.2, -0.15) is 0 Å². The molecule has 21 heavy (non-hydrogen) atoms. The maximum atomic E-state index is 5.94. The van der Waals surface area contributed by atoms with Crippen molar-refractivity contribution in [3.05, 3.63) is 52.1 Å². The van der Waals surface area contributed by atoms with Gasteiger partial charge < -0.3 is 4.74 Å². The lowest BCUT2D eigenvalue weighted by molar-refractivity contribution is 0.317. The average Bonchev–Trinajstić information content (AvgIpc) is 2.45. The van der Waals surface area contributed by atoms with Gasteiger partial charge in [0.05, 0.1) is 6.61 Å². The van der Waals surface area contributed by atoms with E-state index < -0.39 is 8.07 Å². The Hall–Kier alpha value is -0.813. The SMILES string of the molecule is C[Si](C)(C)CCCOc1ccc(I)c(-c2ccccc2)c1. The van der Waals surface area contributed by atoms with E-state index in [0.29, 0.717) is 0 Å². The first kappa shape index (κ1) is 16.6. The highest BCUT2D eigenvalue weighted by Gasteiger charge is 2.12. The van der Waals surface area contributed by atoms with Crippen molar-refractivity contribution in [2.45, 2.75) is 32.1 Å². The summed E-state index contributed by atoms with van der Waals surface area (Å²) in [5.41, 5.74) is 2.49. The highest BCUT2D eigenvalue weighted by molar-refractivity contribution is 14.1. The second-order valence-electron chi connectivity index (χ2n) is 6.52. The molecule has 0 amide bonds. The van der Waals surface area contributed by atoms with Crippen LogP contribution >= 0.6 is 22.6 Å². The van der Waals surface area contributed by atoms with E-state index in [2.05, 4.69) is 84.7 Å². The summed E-state index contributed by atoms with van der Waals surface area (Å²) < 4.78 is 7.20. The van der Waals surface area contributed by atoms with E-state index in [1.807, 2.05) is 6.07 Å². The Balaban J connectivity index is 2.02. The summed E-state index contributed by atoms with van der Waals surface area (Å²) in [6, 6.07) is 18.2. The van der Waals surface area contributed by atoms with Crippen molar-refractivity contribution in [1.29, 1.82) is 0 Å². The minimum atomic E-state index is -0.949. The van der Waals surface area contributed by atoms with Gasteiger partial charge in [-0.05, 0) is 58.3 Å². The molecule has 2 aromatic carbocycles. The lowest BCUT2D eigenvalue weighted by atomic mass is 10.1. The summed E-state index contributed by atoms with van der Waals surface area (Å²) in [5, 5.41) is 0. The molecule has 0 aliphatic rings. The summed E-state index contributed by atoms with van der Waals surface area (Å²) in [7, 11) is -0.949. The Morgan fingerprint density at radius 2 is 1.71 bits per heavy atom. The third-order valence-corrected chi connectivity index (χ3v) is 6.16. The highest BCUT2D eigenvalue weighted by atomic mass is 127. The Labute approximate surface area is 142 Å². The van der Waals surface area contributed by atoms with Crippen LogP contribution in [0.2, 0.25) is 25.7 Å². The van der Waals surface area contributed by atoms with Gasteiger partial charge in [0.2, 0.25) is 0 Å². The molecule has 0 unspecified atom stereocenters. The molecular weight excluding hydrogens is 387 g/mol. The standard InChI is InChI=1S/C18H23IOSi/c1-21(2,3)13-7-12-20-16-10-11-18(19)17(14-16)15-8-5-4-6-9-15/h4-6,8-11,14H,7,12-13H2,1-3H3. The number of benzene rings is 2. The van der Waals surface area contributed by atoms with Gasteiger partial charge in [-0.15, -0.1) is 0 Å². The molecule has 0 N–H and O–H groups in total. The molecular formula is C18H23IOSi. The first-order valence-electron chi connectivity index (χ1n) is 7.43.